The maximum absolute atomic E-state index is 12.9. The number of piperazine rings is 1. The smallest absolute Gasteiger partial charge is 0.276 e. The van der Waals surface area contributed by atoms with Crippen LogP contribution in [-0.2, 0) is 0 Å². The minimum Gasteiger partial charge on any atom is -0.369 e. The topological polar surface area (TPSA) is 131 Å². The maximum atomic E-state index is 12.9. The van der Waals surface area contributed by atoms with Crippen LogP contribution in [0.3, 0.4) is 0 Å². The summed E-state index contributed by atoms with van der Waals surface area (Å²) in [6, 6.07) is 11.2. The molecule has 0 saturated carbocycles. The Balaban J connectivity index is 0.000000956. The number of amides is 2. The molecule has 4 aromatic rings. The van der Waals surface area contributed by atoms with E-state index in [0.29, 0.717) is 10.6 Å². The summed E-state index contributed by atoms with van der Waals surface area (Å²) in [5, 5.41) is 8.78. The molecule has 0 unspecified atom stereocenters. The number of hydrogen-bond donors (Lipinski definition) is 6. The van der Waals surface area contributed by atoms with Gasteiger partial charge in [-0.1, -0.05) is 43.6 Å². The van der Waals surface area contributed by atoms with E-state index < -0.39 is 11.8 Å². The fraction of sp³-hybridized carbons (Fsp3) is 0.308. The molecule has 0 radical (unpaired) electrons. The van der Waals surface area contributed by atoms with Gasteiger partial charge in [0.15, 0.2) is 5.69 Å². The first-order chi connectivity index (χ1) is 18.5. The van der Waals surface area contributed by atoms with Crippen molar-refractivity contribution >= 4 is 68.7 Å². The van der Waals surface area contributed by atoms with Gasteiger partial charge in [0, 0.05) is 41.2 Å². The number of rotatable bonds is 5. The van der Waals surface area contributed by atoms with Crippen LogP contribution in [-0.4, -0.2) is 57.9 Å². The molecule has 2 amide bonds. The Labute approximate surface area is 235 Å². The molecule has 2 aromatic carbocycles. The van der Waals surface area contributed by atoms with Gasteiger partial charge in [0.25, 0.3) is 11.8 Å². The van der Waals surface area contributed by atoms with Crippen LogP contribution in [0.25, 0.3) is 11.0 Å². The van der Waals surface area contributed by atoms with Crippen molar-refractivity contribution in [1.29, 1.82) is 0 Å². The summed E-state index contributed by atoms with van der Waals surface area (Å²) in [5.74, 6) is -0.794. The Morgan fingerprint density at radius 3 is 2.47 bits per heavy atom. The van der Waals surface area contributed by atoms with Crippen LogP contribution in [0, 0.1) is 0 Å². The quantitative estimate of drug-likeness (QED) is 0.172. The van der Waals surface area contributed by atoms with Crippen molar-refractivity contribution in [2.24, 2.45) is 0 Å². The lowest BCUT2D eigenvalue weighted by Crippen LogP contribution is -2.43. The first-order valence-electron chi connectivity index (χ1n) is 12.6. The Hall–Kier alpha value is -3.35. The second-order valence-corrected chi connectivity index (χ2v) is 9.12. The number of fused-ring (bicyclic) bond motifs is 1. The highest BCUT2D eigenvalue weighted by Gasteiger charge is 2.22. The van der Waals surface area contributed by atoms with Gasteiger partial charge in [-0.25, -0.2) is 9.97 Å². The highest BCUT2D eigenvalue weighted by Crippen LogP contribution is 2.25. The Morgan fingerprint density at radius 2 is 1.74 bits per heavy atom. The molecule has 1 saturated heterocycles. The van der Waals surface area contributed by atoms with Crippen molar-refractivity contribution in [2.75, 3.05) is 41.7 Å². The molecule has 10 nitrogen and oxygen atoms in total. The van der Waals surface area contributed by atoms with E-state index in [9.17, 15) is 9.59 Å². The van der Waals surface area contributed by atoms with E-state index in [1.807, 2.05) is 52.0 Å². The van der Waals surface area contributed by atoms with Crippen LogP contribution in [0.2, 0.25) is 0 Å². The number of H-pyrrole nitrogens is 2. The second kappa shape index (κ2) is 14.0. The van der Waals surface area contributed by atoms with E-state index in [1.54, 1.807) is 12.1 Å². The Kier molecular flexibility index (Phi) is 10.7. The minimum absolute atomic E-state index is 0.0233. The number of carbonyl (C=O) groups is 2. The van der Waals surface area contributed by atoms with Gasteiger partial charge in [-0.05, 0) is 36.4 Å². The number of aromatic nitrogens is 4. The van der Waals surface area contributed by atoms with Crippen LogP contribution >= 0.6 is 28.6 Å². The van der Waals surface area contributed by atoms with Gasteiger partial charge in [-0.3, -0.25) is 14.9 Å². The number of anilines is 3. The van der Waals surface area contributed by atoms with Gasteiger partial charge in [-0.15, -0.1) is 12.6 Å². The fourth-order valence-electron chi connectivity index (χ4n) is 3.78. The van der Waals surface area contributed by atoms with E-state index >= 15 is 0 Å². The SMILES string of the molecule is CC.CC.O=C(Nc1cc(Br)ccc1S)c1nc[nH]c1C(=O)Nc1nc2ccc(N3CCNCC3)cc2[nH]1. The maximum Gasteiger partial charge on any atom is 0.276 e. The fourth-order valence-corrected chi connectivity index (χ4v) is 4.33. The average Bonchev–Trinajstić information content (AvgIpc) is 3.60. The normalized spacial score (nSPS) is 12.6. The molecule has 2 aromatic heterocycles. The zero-order valence-corrected chi connectivity index (χ0v) is 24.3. The van der Waals surface area contributed by atoms with Crippen molar-refractivity contribution in [1.82, 2.24) is 25.3 Å². The Morgan fingerprint density at radius 1 is 1.00 bits per heavy atom. The number of aromatic amines is 2. The van der Waals surface area contributed by atoms with E-state index in [-0.39, 0.29) is 17.3 Å². The van der Waals surface area contributed by atoms with Crippen LogP contribution in [0.4, 0.5) is 17.3 Å². The number of halogens is 1. The summed E-state index contributed by atoms with van der Waals surface area (Å²) in [4.78, 5) is 42.9. The predicted octanol–water partition coefficient (Wildman–Crippen LogP) is 5.30. The first kappa shape index (κ1) is 29.2. The van der Waals surface area contributed by atoms with E-state index in [2.05, 4.69) is 69.3 Å². The van der Waals surface area contributed by atoms with Gasteiger partial charge >= 0.3 is 0 Å². The minimum atomic E-state index is -0.538. The van der Waals surface area contributed by atoms with Crippen molar-refractivity contribution in [3.8, 4) is 0 Å². The van der Waals surface area contributed by atoms with Gasteiger partial charge in [0.1, 0.15) is 5.69 Å². The lowest BCUT2D eigenvalue weighted by Gasteiger charge is -2.29. The highest BCUT2D eigenvalue weighted by atomic mass is 79.9. The number of nitrogens with zero attached hydrogens (tertiary/aromatic N) is 3. The number of hydrogen-bond acceptors (Lipinski definition) is 7. The van der Waals surface area contributed by atoms with Crippen LogP contribution < -0.4 is 20.9 Å². The number of carbonyl (C=O) groups excluding carboxylic acids is 2. The number of imidazole rings is 2. The summed E-state index contributed by atoms with van der Waals surface area (Å²) in [6.07, 6.45) is 1.30. The molecular formula is C26H33BrN8O2S. The summed E-state index contributed by atoms with van der Waals surface area (Å²) in [7, 11) is 0. The molecule has 0 spiro atoms. The molecule has 38 heavy (non-hydrogen) atoms. The number of thiol groups is 1. The van der Waals surface area contributed by atoms with Crippen molar-refractivity contribution in [3.05, 3.63) is 58.6 Å². The van der Waals surface area contributed by atoms with E-state index in [0.717, 1.165) is 47.4 Å². The zero-order valence-electron chi connectivity index (χ0n) is 21.9. The first-order valence-corrected chi connectivity index (χ1v) is 13.8. The molecule has 5 N–H and O–H groups in total. The van der Waals surface area contributed by atoms with Gasteiger partial charge in [-0.2, -0.15) is 0 Å². The summed E-state index contributed by atoms with van der Waals surface area (Å²) in [5.41, 5.74) is 3.11. The van der Waals surface area contributed by atoms with Gasteiger partial charge < -0.3 is 25.5 Å². The van der Waals surface area contributed by atoms with E-state index in [4.69, 9.17) is 0 Å². The molecule has 1 aliphatic rings. The summed E-state index contributed by atoms with van der Waals surface area (Å²) in [6.45, 7) is 11.8. The molecule has 0 bridgehead atoms. The van der Waals surface area contributed by atoms with E-state index in [1.165, 1.54) is 6.33 Å². The molecule has 5 rings (SSSR count). The Bertz CT molecular complexity index is 1380. The summed E-state index contributed by atoms with van der Waals surface area (Å²) < 4.78 is 0.783. The van der Waals surface area contributed by atoms with Crippen molar-refractivity contribution in [2.45, 2.75) is 32.6 Å². The third-order valence-corrected chi connectivity index (χ3v) is 6.35. The molecule has 202 valence electrons. The standard InChI is InChI=1S/C22H21BrN8O2S.2C2H6/c23-12-1-4-17(34)16(9-12)27-20(32)18-19(26-11-25-18)21(33)30-22-28-14-3-2-13(10-15(14)29-22)31-7-5-24-6-8-31;2*1-2/h1-4,9-11,24,34H,5-8H2,(H,25,26)(H,27,32)(H2,28,29,30,33);2*1-2H3. The van der Waals surface area contributed by atoms with Crippen LogP contribution in [0.5, 0.6) is 0 Å². The zero-order chi connectivity index (χ0) is 27.7. The highest BCUT2D eigenvalue weighted by molar-refractivity contribution is 9.10. The predicted molar refractivity (Wildman–Crippen MR) is 160 cm³/mol. The van der Waals surface area contributed by atoms with Crippen molar-refractivity contribution < 1.29 is 9.59 Å². The van der Waals surface area contributed by atoms with Gasteiger partial charge in [0.05, 0.1) is 23.0 Å². The summed E-state index contributed by atoms with van der Waals surface area (Å²) >= 11 is 7.72. The molecule has 3 heterocycles. The second-order valence-electron chi connectivity index (χ2n) is 7.72. The molecule has 1 fully saturated rings. The molecule has 0 aliphatic carbocycles. The number of benzene rings is 2. The third-order valence-electron chi connectivity index (χ3n) is 5.47. The molecular weight excluding hydrogens is 568 g/mol. The number of nitrogens with one attached hydrogen (secondary N) is 5. The van der Waals surface area contributed by atoms with Crippen molar-refractivity contribution in [3.63, 3.8) is 0 Å². The van der Waals surface area contributed by atoms with Crippen LogP contribution in [0.1, 0.15) is 48.7 Å². The monoisotopic (exact) mass is 600 g/mol. The molecule has 12 heteroatoms. The molecule has 1 aliphatic heterocycles. The largest absolute Gasteiger partial charge is 0.369 e. The third kappa shape index (κ3) is 6.94. The lowest BCUT2D eigenvalue weighted by molar-refractivity contribution is 0.0985. The average molecular weight is 602 g/mol. The lowest BCUT2D eigenvalue weighted by atomic mass is 10.2. The van der Waals surface area contributed by atoms with Gasteiger partial charge in [0.2, 0.25) is 5.95 Å². The van der Waals surface area contributed by atoms with Crippen LogP contribution in [0.15, 0.2) is 52.1 Å². The molecule has 0 atom stereocenters.